The topological polar surface area (TPSA) is 12.0 Å². The molecule has 114 valence electrons. The molecule has 0 aliphatic rings. The Bertz CT molecular complexity index is 702. The lowest BCUT2D eigenvalue weighted by molar-refractivity contribution is 0.571. The maximum atomic E-state index is 3.53. The first-order valence-electron chi connectivity index (χ1n) is 7.86. The van der Waals surface area contributed by atoms with Crippen LogP contribution in [0.5, 0.6) is 0 Å². The third kappa shape index (κ3) is 4.76. The predicted molar refractivity (Wildman–Crippen MR) is 96.7 cm³/mol. The third-order valence-corrected chi connectivity index (χ3v) is 3.48. The van der Waals surface area contributed by atoms with Gasteiger partial charge in [0.1, 0.15) is 0 Å². The van der Waals surface area contributed by atoms with Gasteiger partial charge in [0.15, 0.2) is 0 Å². The Balaban J connectivity index is 1.98. The summed E-state index contributed by atoms with van der Waals surface area (Å²) in [4.78, 5) is 0. The molecule has 2 aromatic carbocycles. The van der Waals surface area contributed by atoms with E-state index in [1.54, 1.807) is 0 Å². The van der Waals surface area contributed by atoms with Gasteiger partial charge in [-0.2, -0.15) is 0 Å². The van der Waals surface area contributed by atoms with Crippen molar-refractivity contribution in [3.63, 3.8) is 0 Å². The number of benzene rings is 2. The van der Waals surface area contributed by atoms with Crippen molar-refractivity contribution in [2.24, 2.45) is 5.41 Å². The quantitative estimate of drug-likeness (QED) is 0.773. The smallest absolute Gasteiger partial charge is 0.0300 e. The van der Waals surface area contributed by atoms with Crippen LogP contribution in [0.4, 0.5) is 0 Å². The molecular weight excluding hydrogens is 266 g/mol. The zero-order valence-corrected chi connectivity index (χ0v) is 14.0. The molecule has 0 aromatic heterocycles. The Kier molecular flexibility index (Phi) is 5.41. The molecule has 1 N–H and O–H groups in total. The third-order valence-electron chi connectivity index (χ3n) is 3.48. The fraction of sp³-hybridized carbons (Fsp3) is 0.333. The molecule has 2 rings (SSSR count). The molecular formula is C21H25N. The molecule has 0 fully saturated rings. The summed E-state index contributed by atoms with van der Waals surface area (Å²) in [6.07, 6.45) is 4.02. The molecule has 22 heavy (non-hydrogen) atoms. The van der Waals surface area contributed by atoms with Gasteiger partial charge in [0.05, 0.1) is 0 Å². The van der Waals surface area contributed by atoms with Gasteiger partial charge in [-0.25, -0.2) is 0 Å². The lowest BCUT2D eigenvalue weighted by Crippen LogP contribution is -2.18. The standard InChI is InChI=1S/C21H25N/c1-17(22-16-9-5-8-15-21(2,3)4)19-14-10-12-18-11-6-7-13-20(18)19/h5-7,9-14,17,22H,16H2,1-4H3/t17-/m1/s1. The maximum Gasteiger partial charge on any atom is 0.0300 e. The zero-order chi connectivity index (χ0) is 16.0. The first kappa shape index (κ1) is 16.3. The van der Waals surface area contributed by atoms with Crippen LogP contribution in [0, 0.1) is 17.3 Å². The SMILES string of the molecule is C[C@@H](NCC=CC#CC(C)(C)C)c1cccc2ccccc12. The molecule has 1 heteroatoms. The molecule has 0 aliphatic heterocycles. The van der Waals surface area contributed by atoms with Gasteiger partial charge in [-0.15, -0.1) is 0 Å². The number of allylic oxidation sites excluding steroid dienone is 1. The second-order valence-corrected chi connectivity index (χ2v) is 6.62. The van der Waals surface area contributed by atoms with E-state index in [0.29, 0.717) is 6.04 Å². The average molecular weight is 291 g/mol. The van der Waals surface area contributed by atoms with Crippen molar-refractivity contribution in [2.45, 2.75) is 33.7 Å². The van der Waals surface area contributed by atoms with E-state index >= 15 is 0 Å². The zero-order valence-electron chi connectivity index (χ0n) is 14.0. The number of fused-ring (bicyclic) bond motifs is 1. The minimum Gasteiger partial charge on any atom is -0.307 e. The van der Waals surface area contributed by atoms with E-state index in [1.165, 1.54) is 16.3 Å². The van der Waals surface area contributed by atoms with Gasteiger partial charge in [-0.05, 0) is 50.1 Å². The molecule has 0 aliphatic carbocycles. The van der Waals surface area contributed by atoms with Crippen molar-refractivity contribution in [3.05, 3.63) is 60.2 Å². The van der Waals surface area contributed by atoms with E-state index in [1.807, 2.05) is 6.08 Å². The summed E-state index contributed by atoms with van der Waals surface area (Å²) in [6, 6.07) is 15.3. The number of rotatable bonds is 4. The number of hydrogen-bond donors (Lipinski definition) is 1. The highest BCUT2D eigenvalue weighted by molar-refractivity contribution is 5.86. The maximum absolute atomic E-state index is 3.53. The van der Waals surface area contributed by atoms with Crippen LogP contribution in [0.15, 0.2) is 54.6 Å². The lowest BCUT2D eigenvalue weighted by Gasteiger charge is -2.15. The van der Waals surface area contributed by atoms with Crippen LogP contribution in [0.3, 0.4) is 0 Å². The summed E-state index contributed by atoms with van der Waals surface area (Å²) in [5.41, 5.74) is 1.40. The largest absolute Gasteiger partial charge is 0.307 e. The first-order valence-corrected chi connectivity index (χ1v) is 7.86. The van der Waals surface area contributed by atoms with Crippen molar-refractivity contribution < 1.29 is 0 Å². The van der Waals surface area contributed by atoms with Crippen molar-refractivity contribution >= 4 is 10.8 Å². The van der Waals surface area contributed by atoms with Crippen LogP contribution in [-0.4, -0.2) is 6.54 Å². The van der Waals surface area contributed by atoms with E-state index < -0.39 is 0 Å². The van der Waals surface area contributed by atoms with Crippen molar-refractivity contribution in [1.82, 2.24) is 5.32 Å². The predicted octanol–water partition coefficient (Wildman–Crippen LogP) is 5.10. The van der Waals surface area contributed by atoms with E-state index in [-0.39, 0.29) is 5.41 Å². The van der Waals surface area contributed by atoms with Gasteiger partial charge in [0.2, 0.25) is 0 Å². The van der Waals surface area contributed by atoms with Gasteiger partial charge in [0, 0.05) is 18.0 Å². The van der Waals surface area contributed by atoms with Gasteiger partial charge in [0.25, 0.3) is 0 Å². The summed E-state index contributed by atoms with van der Waals surface area (Å²) in [7, 11) is 0. The monoisotopic (exact) mass is 291 g/mol. The Hall–Kier alpha value is -2.04. The molecule has 0 unspecified atom stereocenters. The molecule has 0 heterocycles. The van der Waals surface area contributed by atoms with Crippen molar-refractivity contribution in [2.75, 3.05) is 6.54 Å². The Morgan fingerprint density at radius 2 is 1.82 bits per heavy atom. The van der Waals surface area contributed by atoms with Crippen molar-refractivity contribution in [1.29, 1.82) is 0 Å². The lowest BCUT2D eigenvalue weighted by atomic mass is 9.98. The summed E-state index contributed by atoms with van der Waals surface area (Å²) in [5, 5.41) is 6.15. The molecule has 0 saturated carbocycles. The van der Waals surface area contributed by atoms with Crippen LogP contribution in [-0.2, 0) is 0 Å². The average Bonchev–Trinajstić information content (AvgIpc) is 2.49. The molecule has 2 aromatic rings. The van der Waals surface area contributed by atoms with Gasteiger partial charge >= 0.3 is 0 Å². The summed E-state index contributed by atoms with van der Waals surface area (Å²) in [6.45, 7) is 9.39. The normalized spacial score (nSPS) is 13.1. The second-order valence-electron chi connectivity index (χ2n) is 6.62. The van der Waals surface area contributed by atoms with Crippen molar-refractivity contribution in [3.8, 4) is 11.8 Å². The molecule has 1 nitrogen and oxygen atoms in total. The van der Waals surface area contributed by atoms with E-state index in [4.69, 9.17) is 0 Å². The van der Waals surface area contributed by atoms with Gasteiger partial charge < -0.3 is 5.32 Å². The fourth-order valence-corrected chi connectivity index (χ4v) is 2.36. The Labute approximate surface area is 134 Å². The van der Waals surface area contributed by atoms with Crippen LogP contribution >= 0.6 is 0 Å². The first-order chi connectivity index (χ1) is 10.5. The fourth-order valence-electron chi connectivity index (χ4n) is 2.36. The van der Waals surface area contributed by atoms with E-state index in [0.717, 1.165) is 6.54 Å². The highest BCUT2D eigenvalue weighted by atomic mass is 14.9. The second kappa shape index (κ2) is 7.29. The molecule has 1 atom stereocenters. The minimum absolute atomic E-state index is 0.0635. The minimum atomic E-state index is 0.0635. The molecule has 0 saturated heterocycles. The summed E-state index contributed by atoms with van der Waals surface area (Å²) in [5.74, 6) is 6.30. The van der Waals surface area contributed by atoms with Gasteiger partial charge in [-0.1, -0.05) is 60.4 Å². The van der Waals surface area contributed by atoms with Gasteiger partial charge in [-0.3, -0.25) is 0 Å². The van der Waals surface area contributed by atoms with E-state index in [9.17, 15) is 0 Å². The summed E-state index contributed by atoms with van der Waals surface area (Å²) < 4.78 is 0. The Morgan fingerprint density at radius 1 is 1.09 bits per heavy atom. The summed E-state index contributed by atoms with van der Waals surface area (Å²) >= 11 is 0. The molecule has 0 bridgehead atoms. The van der Waals surface area contributed by atoms with Crippen LogP contribution in [0.2, 0.25) is 0 Å². The molecule has 0 amide bonds. The number of hydrogen-bond acceptors (Lipinski definition) is 1. The van der Waals surface area contributed by atoms with Crippen LogP contribution in [0.25, 0.3) is 10.8 Å². The van der Waals surface area contributed by atoms with Crippen LogP contribution in [0.1, 0.15) is 39.3 Å². The molecule has 0 spiro atoms. The van der Waals surface area contributed by atoms with Crippen LogP contribution < -0.4 is 5.32 Å². The molecule has 0 radical (unpaired) electrons. The highest BCUT2D eigenvalue weighted by Gasteiger charge is 2.07. The number of nitrogens with one attached hydrogen (secondary N) is 1. The highest BCUT2D eigenvalue weighted by Crippen LogP contribution is 2.23. The Morgan fingerprint density at radius 3 is 2.59 bits per heavy atom. The van der Waals surface area contributed by atoms with E-state index in [2.05, 4.69) is 93.4 Å².